The predicted molar refractivity (Wildman–Crippen MR) is 325 cm³/mol. The zero-order valence-electron chi connectivity index (χ0n) is 54.2. The first kappa shape index (κ1) is 58.2. The summed E-state index contributed by atoms with van der Waals surface area (Å²) in [6.07, 6.45) is 48.1. The lowest BCUT2D eigenvalue weighted by Crippen LogP contribution is -2.51. The Kier molecular flexibility index (Phi) is 15.8. The van der Waals surface area contributed by atoms with Crippen LogP contribution in [0.4, 0.5) is 0 Å². The van der Waals surface area contributed by atoms with Crippen LogP contribution in [0.3, 0.4) is 0 Å². The van der Waals surface area contributed by atoms with Crippen molar-refractivity contribution in [2.24, 2.45) is 149 Å². The molecule has 5 unspecified atom stereocenters. The van der Waals surface area contributed by atoms with E-state index in [1.807, 2.05) is 0 Å². The molecule has 0 N–H and O–H groups in total. The summed E-state index contributed by atoms with van der Waals surface area (Å²) in [5.74, 6) is 17.7. The summed E-state index contributed by atoms with van der Waals surface area (Å²) in [6, 6.07) is 0. The van der Waals surface area contributed by atoms with E-state index >= 15 is 0 Å². The van der Waals surface area contributed by atoms with Gasteiger partial charge in [-0.3, -0.25) is 0 Å². The quantitative estimate of drug-likeness (QED) is 0.227. The molecule has 0 heteroatoms. The average Bonchev–Trinajstić information content (AvgIpc) is 4.17. The minimum absolute atomic E-state index is 0.554. The van der Waals surface area contributed by atoms with E-state index in [9.17, 15) is 0 Å². The van der Waals surface area contributed by atoms with E-state index in [0.29, 0.717) is 32.5 Å². The van der Waals surface area contributed by atoms with Crippen molar-refractivity contribution in [3.8, 4) is 0 Å². The van der Waals surface area contributed by atoms with Crippen molar-refractivity contribution in [1.82, 2.24) is 0 Å². The Balaban J connectivity index is 0.000000103. The van der Waals surface area contributed by atoms with Gasteiger partial charge in [0.15, 0.2) is 0 Å². The van der Waals surface area contributed by atoms with E-state index in [-0.39, 0.29) is 0 Å². The van der Waals surface area contributed by atoms with Crippen molar-refractivity contribution in [1.29, 1.82) is 0 Å². The predicted octanol–water partition coefficient (Wildman–Crippen LogP) is 23.3. The first-order valence-electron chi connectivity index (χ1n) is 34.7. The number of rotatable bonds is 0. The van der Waals surface area contributed by atoms with Crippen LogP contribution in [0.5, 0.6) is 0 Å². The van der Waals surface area contributed by atoms with Gasteiger partial charge in [0, 0.05) is 0 Å². The zero-order chi connectivity index (χ0) is 54.2. The van der Waals surface area contributed by atoms with Crippen molar-refractivity contribution < 1.29 is 0 Å². The fraction of sp³-hybridized carbons (Fsp3) is 1.00. The molecule has 75 heavy (non-hydrogen) atoms. The second-order valence-corrected chi connectivity index (χ2v) is 39.1. The largest absolute Gasteiger partial charge is 0.0599 e. The van der Waals surface area contributed by atoms with E-state index in [2.05, 4.69) is 125 Å². The van der Waals surface area contributed by atoms with E-state index in [1.54, 1.807) is 109 Å². The average molecular weight is 1030 g/mol. The molecular formula is C75H132. The molecule has 0 spiro atoms. The third-order valence-corrected chi connectivity index (χ3v) is 29.2. The van der Waals surface area contributed by atoms with Crippen molar-refractivity contribution in [3.05, 3.63) is 0 Å². The van der Waals surface area contributed by atoms with Crippen molar-refractivity contribution in [2.45, 2.75) is 324 Å². The first-order chi connectivity index (χ1) is 34.7. The molecule has 0 nitrogen and oxygen atoms in total. The van der Waals surface area contributed by atoms with Gasteiger partial charge in [-0.1, -0.05) is 131 Å². The molecule has 19 saturated carbocycles. The maximum atomic E-state index is 2.49. The standard InChI is InChI=1S/2C14H24.C13H22.C12H22.2C11H20/c1-13(2,3)14-7-10-4-11(8-14)6-12(5-10)9-14;1-14(2,3)13-11-5-9-4-10(7-11)8-12(13)6-9;1-12(2,3)13-7-9-4-10(8-13)6-11(13)5-9;1-11(2,3)12-7-4-10(5-8-12)6-9-12;1-10(2,3)11-6-4-9(8-11)5-7-11;1-11(2,3)10-7-8-4-5-9(10)6-8/h10-12H,4-9H2,1-3H3;9-13H,4-8H2,1-3H3;9-11H,4-8H2,1-3H3;10H,4-9H2,1-3H3;9H,4-8H2,1-3H3;8-10H,4-7H2,1-3H3. The summed E-state index contributed by atoms with van der Waals surface area (Å²) >= 11 is 0. The number of hydrogen-bond acceptors (Lipinski definition) is 0. The lowest BCUT2D eigenvalue weighted by molar-refractivity contribution is -0.113. The van der Waals surface area contributed by atoms with Gasteiger partial charge in [0.05, 0.1) is 0 Å². The molecule has 0 amide bonds. The van der Waals surface area contributed by atoms with E-state index < -0.39 is 0 Å². The molecule has 19 aliphatic carbocycles. The summed E-state index contributed by atoms with van der Waals surface area (Å²) in [6.45, 7) is 44.2. The highest BCUT2D eigenvalue weighted by molar-refractivity contribution is 5.12. The number of fused-ring (bicyclic) bond motifs is 7. The Bertz CT molecular complexity index is 1800. The van der Waals surface area contributed by atoms with E-state index in [4.69, 9.17) is 0 Å². The minimum atomic E-state index is 0.554. The fourth-order valence-electron chi connectivity index (χ4n) is 25.3. The van der Waals surface area contributed by atoms with Crippen molar-refractivity contribution in [3.63, 3.8) is 0 Å². The molecule has 0 heterocycles. The highest BCUT2D eigenvalue weighted by Crippen LogP contribution is 2.72. The second-order valence-electron chi connectivity index (χ2n) is 39.1. The lowest BCUT2D eigenvalue weighted by Gasteiger charge is -2.62. The summed E-state index contributed by atoms with van der Waals surface area (Å²) in [4.78, 5) is 0. The second kappa shape index (κ2) is 20.4. The van der Waals surface area contributed by atoms with Gasteiger partial charge < -0.3 is 0 Å². The lowest BCUT2D eigenvalue weighted by atomic mass is 9.43. The molecule has 0 aromatic rings. The molecule has 19 rings (SSSR count). The van der Waals surface area contributed by atoms with Crippen LogP contribution in [0.15, 0.2) is 0 Å². The molecule has 18 bridgehead atoms. The highest BCUT2D eigenvalue weighted by Gasteiger charge is 2.62. The maximum absolute atomic E-state index is 2.49. The maximum Gasteiger partial charge on any atom is -0.0215 e. The Hall–Kier alpha value is 0. The van der Waals surface area contributed by atoms with Gasteiger partial charge in [-0.15, -0.1) is 0 Å². The molecule has 0 aromatic carbocycles. The monoisotopic (exact) mass is 1030 g/mol. The molecule has 5 atom stereocenters. The van der Waals surface area contributed by atoms with Crippen LogP contribution < -0.4 is 0 Å². The smallest absolute Gasteiger partial charge is 0.0215 e. The van der Waals surface area contributed by atoms with Crippen LogP contribution in [0, 0.1) is 149 Å². The zero-order valence-corrected chi connectivity index (χ0v) is 54.2. The topological polar surface area (TPSA) is 0 Å². The molecular weight excluding hydrogens is 901 g/mol. The van der Waals surface area contributed by atoms with Crippen LogP contribution >= 0.6 is 0 Å². The third kappa shape index (κ3) is 11.5. The van der Waals surface area contributed by atoms with Gasteiger partial charge in [0.1, 0.15) is 0 Å². The normalized spacial score (nSPS) is 47.8. The molecule has 0 aliphatic heterocycles. The summed E-state index contributed by atoms with van der Waals surface area (Å²) in [5.41, 5.74) is 6.38. The summed E-state index contributed by atoms with van der Waals surface area (Å²) in [7, 11) is 0. The van der Waals surface area contributed by atoms with Gasteiger partial charge in [-0.05, 0) is 341 Å². The molecule has 0 radical (unpaired) electrons. The number of hydrogen-bond donors (Lipinski definition) is 0. The van der Waals surface area contributed by atoms with Crippen molar-refractivity contribution in [2.75, 3.05) is 0 Å². The molecule has 0 saturated heterocycles. The molecule has 0 aromatic heterocycles. The first-order valence-corrected chi connectivity index (χ1v) is 34.7. The fourth-order valence-corrected chi connectivity index (χ4v) is 25.3. The Morgan fingerprint density at radius 2 is 0.627 bits per heavy atom. The molecule has 432 valence electrons. The molecule has 19 fully saturated rings. The third-order valence-electron chi connectivity index (χ3n) is 29.2. The van der Waals surface area contributed by atoms with Gasteiger partial charge >= 0.3 is 0 Å². The van der Waals surface area contributed by atoms with Crippen LogP contribution in [0.1, 0.15) is 324 Å². The SMILES string of the molecule is CC(C)(C)C12CC3CC(CC(C3)C1)C2.CC(C)(C)C12CC3CC(CC1C3)C2.CC(C)(C)C12CCC(CC1)C2.CC(C)(C)C12CCC(CC1)CC2.CC(C)(C)C1C2CC3CC(C2)CC1C3.CC(C)(C)C1CC2CCC1C2. The Labute approximate surface area is 470 Å². The minimum Gasteiger partial charge on any atom is -0.0599 e. The van der Waals surface area contributed by atoms with Crippen molar-refractivity contribution >= 4 is 0 Å². The summed E-state index contributed by atoms with van der Waals surface area (Å²) < 4.78 is 0. The van der Waals surface area contributed by atoms with Crippen LogP contribution in [-0.4, -0.2) is 0 Å². The molecule has 19 aliphatic rings. The van der Waals surface area contributed by atoms with Crippen LogP contribution in [0.25, 0.3) is 0 Å². The van der Waals surface area contributed by atoms with Gasteiger partial charge in [-0.25, -0.2) is 0 Å². The summed E-state index contributed by atoms with van der Waals surface area (Å²) in [5, 5.41) is 0. The van der Waals surface area contributed by atoms with Gasteiger partial charge in [-0.2, -0.15) is 0 Å². The Morgan fingerprint density at radius 1 is 0.253 bits per heavy atom. The van der Waals surface area contributed by atoms with E-state index in [1.165, 1.54) is 89.9 Å². The van der Waals surface area contributed by atoms with Crippen LogP contribution in [0.2, 0.25) is 0 Å². The highest BCUT2D eigenvalue weighted by atomic mass is 14.7. The van der Waals surface area contributed by atoms with Gasteiger partial charge in [0.25, 0.3) is 0 Å². The van der Waals surface area contributed by atoms with E-state index in [0.717, 1.165) is 116 Å². The van der Waals surface area contributed by atoms with Gasteiger partial charge in [0.2, 0.25) is 0 Å². The van der Waals surface area contributed by atoms with Crippen LogP contribution in [-0.2, 0) is 0 Å². The Morgan fingerprint density at radius 3 is 0.907 bits per heavy atom.